The highest BCUT2D eigenvalue weighted by atomic mass is 16.6. The van der Waals surface area contributed by atoms with E-state index in [9.17, 15) is 14.9 Å². The van der Waals surface area contributed by atoms with Gasteiger partial charge in [-0.25, -0.2) is 4.98 Å². The van der Waals surface area contributed by atoms with Gasteiger partial charge in [-0.05, 0) is 25.1 Å². The van der Waals surface area contributed by atoms with Crippen LogP contribution < -0.4 is 10.6 Å². The molecule has 8 nitrogen and oxygen atoms in total. The number of carbonyl (C=O) groups excluding carboxylic acids is 1. The quantitative estimate of drug-likeness (QED) is 0.476. The van der Waals surface area contributed by atoms with Crippen LogP contribution in [0.4, 0.5) is 11.5 Å². The Balaban J connectivity index is 1.86. The molecule has 0 atom stereocenters. The third-order valence-corrected chi connectivity index (χ3v) is 3.21. The number of nitriles is 1. The molecule has 2 N–H and O–H groups in total. The number of rotatable bonds is 6. The second-order valence-electron chi connectivity index (χ2n) is 4.98. The zero-order chi connectivity index (χ0) is 17.5. The summed E-state index contributed by atoms with van der Waals surface area (Å²) >= 11 is 0. The Kier molecular flexibility index (Phi) is 5.41. The SMILES string of the molecule is Cc1ccc(C(=O)NCCNc2ccc([N+](=O)[O-])c(C#N)n2)cc1. The third-order valence-electron chi connectivity index (χ3n) is 3.21. The van der Waals surface area contributed by atoms with Gasteiger partial charge in [0, 0.05) is 24.7 Å². The van der Waals surface area contributed by atoms with Crippen molar-refractivity contribution in [1.82, 2.24) is 10.3 Å². The van der Waals surface area contributed by atoms with E-state index in [1.54, 1.807) is 18.2 Å². The lowest BCUT2D eigenvalue weighted by atomic mass is 10.1. The summed E-state index contributed by atoms with van der Waals surface area (Å²) in [6.45, 7) is 2.65. The van der Waals surface area contributed by atoms with Gasteiger partial charge in [-0.3, -0.25) is 14.9 Å². The standard InChI is InChI=1S/C16H15N5O3/c1-11-2-4-12(5-3-11)16(22)19-9-8-18-15-7-6-14(21(23)24)13(10-17)20-15/h2-7H,8-9H2,1H3,(H,18,20)(H,19,22). The smallest absolute Gasteiger partial charge is 0.305 e. The average molecular weight is 325 g/mol. The van der Waals surface area contributed by atoms with Crippen molar-refractivity contribution in [2.75, 3.05) is 18.4 Å². The van der Waals surface area contributed by atoms with Crippen LogP contribution in [0, 0.1) is 28.4 Å². The molecule has 0 saturated carbocycles. The minimum absolute atomic E-state index is 0.189. The van der Waals surface area contributed by atoms with Crippen molar-refractivity contribution in [1.29, 1.82) is 5.26 Å². The van der Waals surface area contributed by atoms with E-state index in [4.69, 9.17) is 5.26 Å². The number of aryl methyl sites for hydroxylation is 1. The first-order chi connectivity index (χ1) is 11.5. The summed E-state index contributed by atoms with van der Waals surface area (Å²) < 4.78 is 0. The van der Waals surface area contributed by atoms with Crippen molar-refractivity contribution in [2.45, 2.75) is 6.92 Å². The minimum atomic E-state index is -0.656. The molecule has 0 radical (unpaired) electrons. The predicted octanol–water partition coefficient (Wildman–Crippen LogP) is 2.01. The van der Waals surface area contributed by atoms with Gasteiger partial charge in [0.2, 0.25) is 5.69 Å². The Bertz CT molecular complexity index is 796. The number of aromatic nitrogens is 1. The summed E-state index contributed by atoms with van der Waals surface area (Å²) in [6.07, 6.45) is 0. The highest BCUT2D eigenvalue weighted by Gasteiger charge is 2.15. The van der Waals surface area contributed by atoms with Gasteiger partial charge in [-0.15, -0.1) is 0 Å². The van der Waals surface area contributed by atoms with Crippen molar-refractivity contribution in [3.8, 4) is 6.07 Å². The van der Waals surface area contributed by atoms with Crippen LogP contribution in [-0.2, 0) is 0 Å². The summed E-state index contributed by atoms with van der Waals surface area (Å²) in [5.41, 5.74) is 1.05. The lowest BCUT2D eigenvalue weighted by Gasteiger charge is -2.08. The molecule has 0 aliphatic heterocycles. The second-order valence-corrected chi connectivity index (χ2v) is 4.98. The molecule has 0 fully saturated rings. The van der Waals surface area contributed by atoms with Crippen LogP contribution >= 0.6 is 0 Å². The van der Waals surface area contributed by atoms with Crippen LogP contribution in [0.1, 0.15) is 21.6 Å². The van der Waals surface area contributed by atoms with Crippen LogP contribution in [0.5, 0.6) is 0 Å². The molecule has 0 bridgehead atoms. The number of carbonyl (C=O) groups is 1. The van der Waals surface area contributed by atoms with Gasteiger partial charge in [0.15, 0.2) is 0 Å². The molecule has 2 aromatic rings. The first kappa shape index (κ1) is 16.9. The van der Waals surface area contributed by atoms with E-state index in [-0.39, 0.29) is 17.3 Å². The fourth-order valence-electron chi connectivity index (χ4n) is 1.95. The number of anilines is 1. The highest BCUT2D eigenvalue weighted by molar-refractivity contribution is 5.94. The second kappa shape index (κ2) is 7.69. The molecule has 24 heavy (non-hydrogen) atoms. The Hall–Kier alpha value is -3.47. The van der Waals surface area contributed by atoms with Crippen LogP contribution in [0.25, 0.3) is 0 Å². The first-order valence-electron chi connectivity index (χ1n) is 7.15. The molecule has 1 amide bonds. The van der Waals surface area contributed by atoms with Crippen LogP contribution in [-0.4, -0.2) is 28.9 Å². The number of nitrogens with one attached hydrogen (secondary N) is 2. The van der Waals surface area contributed by atoms with E-state index in [2.05, 4.69) is 15.6 Å². The Morgan fingerprint density at radius 2 is 1.96 bits per heavy atom. The maximum Gasteiger partial charge on any atom is 0.305 e. The zero-order valence-corrected chi connectivity index (χ0v) is 12.9. The maximum atomic E-state index is 11.9. The normalized spacial score (nSPS) is 9.83. The van der Waals surface area contributed by atoms with E-state index < -0.39 is 4.92 Å². The molecule has 0 saturated heterocycles. The van der Waals surface area contributed by atoms with Crippen LogP contribution in [0.15, 0.2) is 36.4 Å². The van der Waals surface area contributed by atoms with Gasteiger partial charge in [-0.1, -0.05) is 17.7 Å². The van der Waals surface area contributed by atoms with E-state index in [1.807, 2.05) is 19.1 Å². The monoisotopic (exact) mass is 325 g/mol. The molecular weight excluding hydrogens is 310 g/mol. The van der Waals surface area contributed by atoms with E-state index in [0.29, 0.717) is 24.5 Å². The van der Waals surface area contributed by atoms with Crippen molar-refractivity contribution in [3.63, 3.8) is 0 Å². The highest BCUT2D eigenvalue weighted by Crippen LogP contribution is 2.17. The number of amides is 1. The maximum absolute atomic E-state index is 11.9. The lowest BCUT2D eigenvalue weighted by Crippen LogP contribution is -2.28. The van der Waals surface area contributed by atoms with E-state index in [0.717, 1.165) is 5.56 Å². The summed E-state index contributed by atoms with van der Waals surface area (Å²) in [4.78, 5) is 25.9. The first-order valence-corrected chi connectivity index (χ1v) is 7.15. The molecule has 0 aliphatic rings. The number of nitrogens with zero attached hydrogens (tertiary/aromatic N) is 3. The van der Waals surface area contributed by atoms with E-state index >= 15 is 0 Å². The molecule has 1 heterocycles. The predicted molar refractivity (Wildman–Crippen MR) is 87.6 cm³/mol. The van der Waals surface area contributed by atoms with Crippen molar-refractivity contribution >= 4 is 17.4 Å². The van der Waals surface area contributed by atoms with Crippen molar-refractivity contribution in [2.24, 2.45) is 0 Å². The van der Waals surface area contributed by atoms with Crippen LogP contribution in [0.2, 0.25) is 0 Å². The van der Waals surface area contributed by atoms with Gasteiger partial charge in [0.25, 0.3) is 5.91 Å². The fourth-order valence-corrected chi connectivity index (χ4v) is 1.95. The number of hydrogen-bond donors (Lipinski definition) is 2. The molecule has 0 aliphatic carbocycles. The summed E-state index contributed by atoms with van der Waals surface area (Å²) in [5.74, 6) is 0.146. The molecule has 8 heteroatoms. The Labute approximate surface area is 138 Å². The molecule has 0 spiro atoms. The molecule has 1 aromatic carbocycles. The average Bonchev–Trinajstić information content (AvgIpc) is 2.58. The molecule has 1 aromatic heterocycles. The summed E-state index contributed by atoms with van der Waals surface area (Å²) in [6, 6.07) is 11.5. The zero-order valence-electron chi connectivity index (χ0n) is 12.9. The fraction of sp³-hybridized carbons (Fsp3) is 0.188. The number of nitro groups is 1. The lowest BCUT2D eigenvalue weighted by molar-refractivity contribution is -0.385. The van der Waals surface area contributed by atoms with Gasteiger partial charge < -0.3 is 10.6 Å². The number of hydrogen-bond acceptors (Lipinski definition) is 6. The Morgan fingerprint density at radius 1 is 1.25 bits per heavy atom. The summed E-state index contributed by atoms with van der Waals surface area (Å²) in [7, 11) is 0. The topological polar surface area (TPSA) is 121 Å². The van der Waals surface area contributed by atoms with Crippen molar-refractivity contribution < 1.29 is 9.72 Å². The molecular formula is C16H15N5O3. The largest absolute Gasteiger partial charge is 0.368 e. The molecule has 0 unspecified atom stereocenters. The Morgan fingerprint density at radius 3 is 2.58 bits per heavy atom. The van der Waals surface area contributed by atoms with E-state index in [1.165, 1.54) is 12.1 Å². The van der Waals surface area contributed by atoms with Gasteiger partial charge in [0.05, 0.1) is 4.92 Å². The minimum Gasteiger partial charge on any atom is -0.368 e. The number of benzene rings is 1. The molecule has 122 valence electrons. The van der Waals surface area contributed by atoms with Gasteiger partial charge >= 0.3 is 5.69 Å². The van der Waals surface area contributed by atoms with Crippen LogP contribution in [0.3, 0.4) is 0 Å². The summed E-state index contributed by atoms with van der Waals surface area (Å²) in [5, 5.41) is 25.3. The number of pyridine rings is 1. The van der Waals surface area contributed by atoms with Crippen molar-refractivity contribution in [3.05, 3.63) is 63.3 Å². The van der Waals surface area contributed by atoms with Gasteiger partial charge in [0.1, 0.15) is 11.9 Å². The third kappa shape index (κ3) is 4.27. The van der Waals surface area contributed by atoms with Gasteiger partial charge in [-0.2, -0.15) is 5.26 Å². The molecule has 2 rings (SSSR count).